The molecule has 1 aliphatic rings. The van der Waals surface area contributed by atoms with E-state index in [1.54, 1.807) is 6.07 Å². The van der Waals surface area contributed by atoms with Gasteiger partial charge >= 0.3 is 0 Å². The van der Waals surface area contributed by atoms with Crippen LogP contribution in [0.5, 0.6) is 0 Å². The average molecular weight is 317 g/mol. The molecule has 0 atom stereocenters. The summed E-state index contributed by atoms with van der Waals surface area (Å²) in [5.41, 5.74) is 1.25. The molecule has 1 saturated heterocycles. The Bertz CT molecular complexity index is 642. The quantitative estimate of drug-likeness (QED) is 0.942. The molecule has 1 N–H and O–H groups in total. The van der Waals surface area contributed by atoms with Gasteiger partial charge in [0.25, 0.3) is 5.91 Å². The lowest BCUT2D eigenvalue weighted by molar-refractivity contribution is 0.102. The smallest absolute Gasteiger partial charge is 0.277 e. The molecular formula is C15H19N5OS. The molecule has 2 aromatic rings. The molecule has 3 rings (SSSR count). The van der Waals surface area contributed by atoms with Gasteiger partial charge in [0.15, 0.2) is 16.6 Å². The molecule has 1 aliphatic heterocycles. The summed E-state index contributed by atoms with van der Waals surface area (Å²) >= 11 is 1.46. The minimum atomic E-state index is -0.272. The van der Waals surface area contributed by atoms with E-state index < -0.39 is 0 Å². The molecule has 22 heavy (non-hydrogen) atoms. The van der Waals surface area contributed by atoms with Crippen molar-refractivity contribution >= 4 is 28.2 Å². The number of aryl methyl sites for hydroxylation is 2. The van der Waals surface area contributed by atoms with Gasteiger partial charge in [-0.1, -0.05) is 0 Å². The average Bonchev–Trinajstić information content (AvgIpc) is 2.86. The van der Waals surface area contributed by atoms with Gasteiger partial charge in [-0.05, 0) is 45.2 Å². The van der Waals surface area contributed by atoms with Crippen LogP contribution in [0.3, 0.4) is 0 Å². The van der Waals surface area contributed by atoms with Crippen molar-refractivity contribution in [1.29, 1.82) is 0 Å². The summed E-state index contributed by atoms with van der Waals surface area (Å²) < 4.78 is 0. The standard InChI is InChI=1S/C15H19N5OS/c1-10-11(2)22-15(16-10)17-14(21)12-6-7-13(19-18-12)20-8-4-3-5-9-20/h6-7H,3-5,8-9H2,1-2H3,(H,16,17,21). The summed E-state index contributed by atoms with van der Waals surface area (Å²) in [6.45, 7) is 5.93. The van der Waals surface area contributed by atoms with E-state index in [1.165, 1.54) is 30.6 Å². The van der Waals surface area contributed by atoms with Crippen molar-refractivity contribution < 1.29 is 4.79 Å². The maximum absolute atomic E-state index is 12.2. The number of hydrogen-bond donors (Lipinski definition) is 1. The van der Waals surface area contributed by atoms with Gasteiger partial charge in [0, 0.05) is 18.0 Å². The Morgan fingerprint density at radius 3 is 2.55 bits per heavy atom. The van der Waals surface area contributed by atoms with Crippen LogP contribution >= 0.6 is 11.3 Å². The molecule has 3 heterocycles. The Kier molecular flexibility index (Phi) is 4.33. The number of thiazole rings is 1. The highest BCUT2D eigenvalue weighted by molar-refractivity contribution is 7.15. The highest BCUT2D eigenvalue weighted by atomic mass is 32.1. The van der Waals surface area contributed by atoms with E-state index in [1.807, 2.05) is 19.9 Å². The molecule has 6 nitrogen and oxygen atoms in total. The van der Waals surface area contributed by atoms with Crippen LogP contribution < -0.4 is 10.2 Å². The Hall–Kier alpha value is -2.02. The number of amides is 1. The Morgan fingerprint density at radius 1 is 1.18 bits per heavy atom. The fourth-order valence-corrected chi connectivity index (χ4v) is 3.24. The monoisotopic (exact) mass is 317 g/mol. The van der Waals surface area contributed by atoms with Crippen molar-refractivity contribution in [2.24, 2.45) is 0 Å². The predicted molar refractivity (Wildman–Crippen MR) is 87.6 cm³/mol. The molecule has 0 radical (unpaired) electrons. The van der Waals surface area contributed by atoms with Gasteiger partial charge in [0.05, 0.1) is 5.69 Å². The summed E-state index contributed by atoms with van der Waals surface area (Å²) in [6.07, 6.45) is 3.65. The molecule has 1 fully saturated rings. The van der Waals surface area contributed by atoms with E-state index >= 15 is 0 Å². The Morgan fingerprint density at radius 2 is 1.95 bits per heavy atom. The zero-order chi connectivity index (χ0) is 15.5. The van der Waals surface area contributed by atoms with Crippen LogP contribution in [0, 0.1) is 13.8 Å². The zero-order valence-corrected chi connectivity index (χ0v) is 13.6. The van der Waals surface area contributed by atoms with Gasteiger partial charge in [-0.2, -0.15) is 0 Å². The van der Waals surface area contributed by atoms with Crippen molar-refractivity contribution in [1.82, 2.24) is 15.2 Å². The van der Waals surface area contributed by atoms with Gasteiger partial charge in [0.1, 0.15) is 0 Å². The van der Waals surface area contributed by atoms with Crippen LogP contribution in [-0.4, -0.2) is 34.2 Å². The second-order valence-corrected chi connectivity index (χ2v) is 6.64. The van der Waals surface area contributed by atoms with Crippen molar-refractivity contribution in [3.05, 3.63) is 28.4 Å². The molecule has 0 aromatic carbocycles. The van der Waals surface area contributed by atoms with E-state index in [-0.39, 0.29) is 5.91 Å². The third-order valence-electron chi connectivity index (χ3n) is 3.81. The molecule has 0 bridgehead atoms. The van der Waals surface area contributed by atoms with Gasteiger partial charge < -0.3 is 4.90 Å². The minimum Gasteiger partial charge on any atom is -0.355 e. The molecule has 0 aliphatic carbocycles. The summed E-state index contributed by atoms with van der Waals surface area (Å²) in [4.78, 5) is 19.8. The zero-order valence-electron chi connectivity index (χ0n) is 12.8. The summed E-state index contributed by atoms with van der Waals surface area (Å²) in [6, 6.07) is 3.59. The number of carbonyl (C=O) groups is 1. The highest BCUT2D eigenvalue weighted by Crippen LogP contribution is 2.22. The van der Waals surface area contributed by atoms with E-state index in [4.69, 9.17) is 0 Å². The Balaban J connectivity index is 1.67. The first kappa shape index (κ1) is 14.9. The summed E-state index contributed by atoms with van der Waals surface area (Å²) in [5, 5.41) is 11.6. The van der Waals surface area contributed by atoms with E-state index in [0.29, 0.717) is 10.8 Å². The number of rotatable bonds is 3. The first-order valence-corrected chi connectivity index (χ1v) is 8.29. The number of anilines is 2. The van der Waals surface area contributed by atoms with Crippen LogP contribution in [0.25, 0.3) is 0 Å². The minimum absolute atomic E-state index is 0.272. The van der Waals surface area contributed by atoms with Crippen molar-refractivity contribution in [2.45, 2.75) is 33.1 Å². The summed E-state index contributed by atoms with van der Waals surface area (Å²) in [5.74, 6) is 0.573. The third-order valence-corrected chi connectivity index (χ3v) is 4.80. The molecule has 0 spiro atoms. The lowest BCUT2D eigenvalue weighted by Crippen LogP contribution is -2.30. The third kappa shape index (κ3) is 3.24. The van der Waals surface area contributed by atoms with Crippen molar-refractivity contribution in [3.63, 3.8) is 0 Å². The lowest BCUT2D eigenvalue weighted by atomic mass is 10.1. The molecule has 7 heteroatoms. The van der Waals surface area contributed by atoms with Gasteiger partial charge in [-0.25, -0.2) is 4.98 Å². The molecule has 2 aromatic heterocycles. The second-order valence-electron chi connectivity index (χ2n) is 5.44. The fraction of sp³-hybridized carbons (Fsp3) is 0.467. The number of nitrogens with zero attached hydrogens (tertiary/aromatic N) is 4. The lowest BCUT2D eigenvalue weighted by Gasteiger charge is -2.27. The number of hydrogen-bond acceptors (Lipinski definition) is 6. The van der Waals surface area contributed by atoms with E-state index in [0.717, 1.165) is 29.5 Å². The normalized spacial score (nSPS) is 14.9. The molecule has 0 saturated carbocycles. The van der Waals surface area contributed by atoms with Crippen molar-refractivity contribution in [3.8, 4) is 0 Å². The number of nitrogens with one attached hydrogen (secondary N) is 1. The number of aromatic nitrogens is 3. The van der Waals surface area contributed by atoms with Gasteiger partial charge in [-0.15, -0.1) is 21.5 Å². The molecular weight excluding hydrogens is 298 g/mol. The fourth-order valence-electron chi connectivity index (χ4n) is 2.43. The maximum Gasteiger partial charge on any atom is 0.277 e. The largest absolute Gasteiger partial charge is 0.355 e. The highest BCUT2D eigenvalue weighted by Gasteiger charge is 2.15. The summed E-state index contributed by atoms with van der Waals surface area (Å²) in [7, 11) is 0. The maximum atomic E-state index is 12.2. The molecule has 1 amide bonds. The van der Waals surface area contributed by atoms with Gasteiger partial charge in [-0.3, -0.25) is 10.1 Å². The topological polar surface area (TPSA) is 71.0 Å². The predicted octanol–water partition coefficient (Wildman–Crippen LogP) is 2.79. The van der Waals surface area contributed by atoms with E-state index in [9.17, 15) is 4.79 Å². The number of piperidine rings is 1. The Labute approximate surface area is 133 Å². The SMILES string of the molecule is Cc1nc(NC(=O)c2ccc(N3CCCCC3)nn2)sc1C. The molecule has 116 valence electrons. The number of carbonyl (C=O) groups excluding carboxylic acids is 1. The van der Waals surface area contributed by atoms with Crippen LogP contribution in [0.2, 0.25) is 0 Å². The first-order chi connectivity index (χ1) is 10.6. The van der Waals surface area contributed by atoms with Crippen LogP contribution in [0.1, 0.15) is 40.3 Å². The van der Waals surface area contributed by atoms with Crippen LogP contribution in [0.15, 0.2) is 12.1 Å². The van der Waals surface area contributed by atoms with E-state index in [2.05, 4.69) is 25.4 Å². The second kappa shape index (κ2) is 6.39. The molecule has 0 unspecified atom stereocenters. The first-order valence-electron chi connectivity index (χ1n) is 7.47. The van der Waals surface area contributed by atoms with Crippen molar-refractivity contribution in [2.75, 3.05) is 23.3 Å². The van der Waals surface area contributed by atoms with Crippen LogP contribution in [0.4, 0.5) is 10.9 Å². The van der Waals surface area contributed by atoms with Gasteiger partial charge in [0.2, 0.25) is 0 Å². The van der Waals surface area contributed by atoms with Crippen LogP contribution in [-0.2, 0) is 0 Å².